The van der Waals surface area contributed by atoms with E-state index in [0.717, 1.165) is 12.8 Å². The van der Waals surface area contributed by atoms with Gasteiger partial charge in [0, 0.05) is 36.3 Å². The van der Waals surface area contributed by atoms with Gasteiger partial charge in [0.15, 0.2) is 0 Å². The number of amides is 1. The van der Waals surface area contributed by atoms with Gasteiger partial charge in [-0.25, -0.2) is 0 Å². The molecule has 1 aliphatic heterocycles. The molecule has 1 fully saturated rings. The molecule has 0 aromatic heterocycles. The maximum absolute atomic E-state index is 12.7. The third-order valence-corrected chi connectivity index (χ3v) is 4.37. The van der Waals surface area contributed by atoms with Crippen LogP contribution in [0, 0.1) is 10.1 Å². The van der Waals surface area contributed by atoms with E-state index in [4.69, 9.17) is 0 Å². The van der Waals surface area contributed by atoms with E-state index in [1.807, 2.05) is 27.8 Å². The summed E-state index contributed by atoms with van der Waals surface area (Å²) in [6.07, 6.45) is 1.99. The number of halogens is 1. The molecule has 24 heavy (non-hydrogen) atoms. The first-order chi connectivity index (χ1) is 10.7. The molecule has 1 amide bonds. The average Bonchev–Trinajstić information content (AvgIpc) is 2.52. The molecule has 1 N–H and O–H groups in total. The summed E-state index contributed by atoms with van der Waals surface area (Å²) in [5, 5.41) is 14.6. The average molecular weight is 356 g/mol. The third-order valence-electron chi connectivity index (χ3n) is 4.37. The van der Waals surface area contributed by atoms with Crippen molar-refractivity contribution in [3.8, 4) is 0 Å². The summed E-state index contributed by atoms with van der Waals surface area (Å²) in [4.78, 5) is 25.4. The fourth-order valence-corrected chi connectivity index (χ4v) is 3.03. The first-order valence-electron chi connectivity index (χ1n) is 7.99. The molecule has 1 aliphatic rings. The van der Waals surface area contributed by atoms with E-state index < -0.39 is 4.92 Å². The van der Waals surface area contributed by atoms with E-state index >= 15 is 0 Å². The molecular formula is C17H26ClN3O3. The number of nitrogens with zero attached hydrogens (tertiary/aromatic N) is 2. The van der Waals surface area contributed by atoms with Crippen molar-refractivity contribution in [1.82, 2.24) is 10.2 Å². The summed E-state index contributed by atoms with van der Waals surface area (Å²) in [5.41, 5.74) is 0.713. The van der Waals surface area contributed by atoms with E-state index in [-0.39, 0.29) is 35.5 Å². The van der Waals surface area contributed by atoms with Crippen LogP contribution < -0.4 is 5.32 Å². The van der Waals surface area contributed by atoms with E-state index in [1.165, 1.54) is 6.07 Å². The van der Waals surface area contributed by atoms with Crippen molar-refractivity contribution in [3.63, 3.8) is 0 Å². The van der Waals surface area contributed by atoms with Gasteiger partial charge < -0.3 is 10.2 Å². The number of likely N-dealkylation sites (N-methyl/N-ethyl adjacent to an activating group) is 1. The fourth-order valence-electron chi connectivity index (χ4n) is 3.03. The third kappa shape index (κ3) is 4.45. The van der Waals surface area contributed by atoms with Crippen molar-refractivity contribution in [2.75, 3.05) is 20.1 Å². The Balaban J connectivity index is 0.00000288. The predicted octanol–water partition coefficient (Wildman–Crippen LogP) is 3.14. The van der Waals surface area contributed by atoms with Crippen molar-refractivity contribution in [2.24, 2.45) is 0 Å². The van der Waals surface area contributed by atoms with Crippen LogP contribution in [0.3, 0.4) is 0 Å². The van der Waals surface area contributed by atoms with E-state index in [9.17, 15) is 14.9 Å². The zero-order chi connectivity index (χ0) is 17.2. The summed E-state index contributed by atoms with van der Waals surface area (Å²) in [6.45, 7) is 7.13. The van der Waals surface area contributed by atoms with Crippen LogP contribution in [0.15, 0.2) is 18.2 Å². The van der Waals surface area contributed by atoms with E-state index in [1.54, 1.807) is 17.0 Å². The van der Waals surface area contributed by atoms with Gasteiger partial charge in [-0.05, 0) is 31.4 Å². The minimum Gasteiger partial charge on any atom is -0.337 e. The molecule has 0 aliphatic carbocycles. The molecular weight excluding hydrogens is 330 g/mol. The number of nitro groups is 1. The number of carbonyl (C=O) groups excluding carboxylic acids is 1. The first-order valence-corrected chi connectivity index (χ1v) is 7.99. The summed E-state index contributed by atoms with van der Waals surface area (Å²) >= 11 is 0. The number of hydrogen-bond donors (Lipinski definition) is 1. The number of nitrogens with one attached hydrogen (secondary N) is 1. The zero-order valence-electron chi connectivity index (χ0n) is 14.7. The van der Waals surface area contributed by atoms with E-state index in [2.05, 4.69) is 5.32 Å². The zero-order valence-corrected chi connectivity index (χ0v) is 15.5. The van der Waals surface area contributed by atoms with Gasteiger partial charge in [0.1, 0.15) is 0 Å². The summed E-state index contributed by atoms with van der Waals surface area (Å²) < 4.78 is 0. The van der Waals surface area contributed by atoms with Crippen LogP contribution in [0.2, 0.25) is 0 Å². The highest BCUT2D eigenvalue weighted by molar-refractivity contribution is 5.95. The molecule has 1 unspecified atom stereocenters. The highest BCUT2D eigenvalue weighted by atomic mass is 35.5. The largest absolute Gasteiger partial charge is 0.337 e. The Kier molecular flexibility index (Phi) is 6.75. The summed E-state index contributed by atoms with van der Waals surface area (Å²) in [5.74, 6) is -0.131. The van der Waals surface area contributed by atoms with Crippen LogP contribution in [-0.4, -0.2) is 41.9 Å². The Morgan fingerprint density at radius 3 is 2.58 bits per heavy atom. The summed E-state index contributed by atoms with van der Waals surface area (Å²) in [7, 11) is 1.89. The molecule has 0 bridgehead atoms. The molecule has 1 atom stereocenters. The Hall–Kier alpha value is -1.66. The van der Waals surface area contributed by atoms with Crippen LogP contribution in [-0.2, 0) is 5.41 Å². The quantitative estimate of drug-likeness (QED) is 0.667. The molecule has 0 saturated carbocycles. The minimum atomic E-state index is -0.399. The standard InChI is InChI=1S/C17H25N3O3.ClH/c1-17(2,3)14-8-7-12(10-15(14)20(22)23)16(21)19-9-5-6-13(11-19)18-4;/h7-8,10,13,18H,5-6,9,11H2,1-4H3;1H. The van der Waals surface area contributed by atoms with Gasteiger partial charge in [-0.3, -0.25) is 14.9 Å². The lowest BCUT2D eigenvalue weighted by Gasteiger charge is -2.32. The number of carbonyl (C=O) groups is 1. The molecule has 0 radical (unpaired) electrons. The highest BCUT2D eigenvalue weighted by Gasteiger charge is 2.28. The Bertz CT molecular complexity index is 614. The number of rotatable bonds is 3. The number of benzene rings is 1. The molecule has 6 nitrogen and oxygen atoms in total. The monoisotopic (exact) mass is 355 g/mol. The van der Waals surface area contributed by atoms with Crippen molar-refractivity contribution >= 4 is 24.0 Å². The Labute approximate surface area is 149 Å². The maximum atomic E-state index is 12.7. The smallest absolute Gasteiger partial charge is 0.273 e. The van der Waals surface area contributed by atoms with Crippen LogP contribution >= 0.6 is 12.4 Å². The normalized spacial score (nSPS) is 18.0. The first kappa shape index (κ1) is 20.4. The van der Waals surface area contributed by atoms with Crippen molar-refractivity contribution in [3.05, 3.63) is 39.4 Å². The fraction of sp³-hybridized carbons (Fsp3) is 0.588. The number of piperidine rings is 1. The molecule has 2 rings (SSSR count). The van der Waals surface area contributed by atoms with Crippen LogP contribution in [0.1, 0.15) is 49.5 Å². The molecule has 134 valence electrons. The second kappa shape index (κ2) is 7.94. The molecule has 1 saturated heterocycles. The Morgan fingerprint density at radius 2 is 2.04 bits per heavy atom. The van der Waals surface area contributed by atoms with Gasteiger partial charge in [0.05, 0.1) is 4.92 Å². The van der Waals surface area contributed by atoms with Gasteiger partial charge in [-0.2, -0.15) is 0 Å². The van der Waals surface area contributed by atoms with Gasteiger partial charge in [0.2, 0.25) is 0 Å². The predicted molar refractivity (Wildman–Crippen MR) is 97.0 cm³/mol. The van der Waals surface area contributed by atoms with Gasteiger partial charge >= 0.3 is 0 Å². The highest BCUT2D eigenvalue weighted by Crippen LogP contribution is 2.32. The van der Waals surface area contributed by atoms with Crippen LogP contribution in [0.4, 0.5) is 5.69 Å². The number of likely N-dealkylation sites (tertiary alicyclic amines) is 1. The second-order valence-corrected chi connectivity index (χ2v) is 7.12. The SMILES string of the molecule is CNC1CCCN(C(=O)c2ccc(C(C)(C)C)c([N+](=O)[O-])c2)C1.Cl. The lowest BCUT2D eigenvalue weighted by Crippen LogP contribution is -2.47. The van der Waals surface area contributed by atoms with Gasteiger partial charge in [-0.1, -0.05) is 26.8 Å². The maximum Gasteiger partial charge on any atom is 0.273 e. The Morgan fingerprint density at radius 1 is 1.38 bits per heavy atom. The summed E-state index contributed by atoms with van der Waals surface area (Å²) in [6, 6.07) is 5.13. The number of hydrogen-bond acceptors (Lipinski definition) is 4. The van der Waals surface area contributed by atoms with Crippen molar-refractivity contribution in [1.29, 1.82) is 0 Å². The number of nitro benzene ring substituents is 1. The topological polar surface area (TPSA) is 75.5 Å². The molecule has 1 aromatic carbocycles. The lowest BCUT2D eigenvalue weighted by molar-refractivity contribution is -0.386. The molecule has 1 aromatic rings. The van der Waals surface area contributed by atoms with E-state index in [0.29, 0.717) is 24.2 Å². The molecule has 1 heterocycles. The second-order valence-electron chi connectivity index (χ2n) is 7.12. The van der Waals surface area contributed by atoms with Gasteiger partial charge in [-0.15, -0.1) is 12.4 Å². The van der Waals surface area contributed by atoms with Crippen molar-refractivity contribution < 1.29 is 9.72 Å². The van der Waals surface area contributed by atoms with Crippen LogP contribution in [0.5, 0.6) is 0 Å². The van der Waals surface area contributed by atoms with Crippen molar-refractivity contribution in [2.45, 2.75) is 45.1 Å². The minimum absolute atomic E-state index is 0. The molecule has 0 spiro atoms. The lowest BCUT2D eigenvalue weighted by atomic mass is 9.85. The van der Waals surface area contributed by atoms with Crippen LogP contribution in [0.25, 0.3) is 0 Å². The van der Waals surface area contributed by atoms with Gasteiger partial charge in [0.25, 0.3) is 11.6 Å². The molecule has 7 heteroatoms.